The molecule has 1 fully saturated rings. The SMILES string of the molecule is CCCCCCCNC(=O)c1cc(S(=O)(=O)N2C[C@H](C)C[C@@H](C)C2)ccc1Sc1ccc(Br)cc1. The topological polar surface area (TPSA) is 66.5 Å². The van der Waals surface area contributed by atoms with Crippen molar-refractivity contribution in [3.63, 3.8) is 0 Å². The fourth-order valence-corrected chi connectivity index (χ4v) is 7.44. The van der Waals surface area contributed by atoms with Gasteiger partial charge in [0.25, 0.3) is 5.91 Å². The standard InChI is InChI=1S/C27H37BrN2O3S2/c1-4-5-6-7-8-15-29-27(31)25-17-24(35(32,33)30-18-20(2)16-21(3)19-30)13-14-26(25)34-23-11-9-22(28)10-12-23/h9-14,17,20-21H,4-8,15-16,18-19H2,1-3H3,(H,29,31)/t20-,21-/m1/s1. The van der Waals surface area contributed by atoms with E-state index in [1.807, 2.05) is 24.3 Å². The zero-order valence-electron chi connectivity index (χ0n) is 20.9. The van der Waals surface area contributed by atoms with Crippen molar-refractivity contribution in [3.8, 4) is 0 Å². The average molecular weight is 582 g/mol. The molecular weight excluding hydrogens is 544 g/mol. The van der Waals surface area contributed by atoms with Crippen molar-refractivity contribution in [1.82, 2.24) is 9.62 Å². The molecule has 5 nitrogen and oxygen atoms in total. The van der Waals surface area contributed by atoms with Crippen LogP contribution in [-0.2, 0) is 10.0 Å². The fourth-order valence-electron chi connectivity index (χ4n) is 4.54. The van der Waals surface area contributed by atoms with Gasteiger partial charge < -0.3 is 5.32 Å². The van der Waals surface area contributed by atoms with Crippen LogP contribution in [0.3, 0.4) is 0 Å². The highest BCUT2D eigenvalue weighted by Crippen LogP contribution is 2.34. The summed E-state index contributed by atoms with van der Waals surface area (Å²) in [6.07, 6.45) is 6.57. The zero-order chi connectivity index (χ0) is 25.4. The lowest BCUT2D eigenvalue weighted by Gasteiger charge is -2.34. The Labute approximate surface area is 223 Å². The maximum absolute atomic E-state index is 13.5. The van der Waals surface area contributed by atoms with Crippen molar-refractivity contribution in [2.75, 3.05) is 19.6 Å². The third-order valence-corrected chi connectivity index (χ3v) is 9.72. The second-order valence-corrected chi connectivity index (χ2v) is 13.6. The van der Waals surface area contributed by atoms with E-state index in [0.29, 0.717) is 37.0 Å². The molecule has 3 rings (SSSR count). The molecule has 2 aromatic rings. The van der Waals surface area contributed by atoms with Crippen LogP contribution >= 0.6 is 27.7 Å². The van der Waals surface area contributed by atoms with Crippen LogP contribution in [0.5, 0.6) is 0 Å². The summed E-state index contributed by atoms with van der Waals surface area (Å²) >= 11 is 4.92. The molecule has 0 bridgehead atoms. The van der Waals surface area contributed by atoms with Crippen LogP contribution < -0.4 is 5.32 Å². The minimum Gasteiger partial charge on any atom is -0.352 e. The number of piperidine rings is 1. The third kappa shape index (κ3) is 8.07. The average Bonchev–Trinajstić information content (AvgIpc) is 2.82. The van der Waals surface area contributed by atoms with Crippen molar-refractivity contribution in [3.05, 3.63) is 52.5 Å². The fraction of sp³-hybridized carbons (Fsp3) is 0.519. The summed E-state index contributed by atoms with van der Waals surface area (Å²) in [6, 6.07) is 12.8. The molecule has 0 spiro atoms. The summed E-state index contributed by atoms with van der Waals surface area (Å²) in [5, 5.41) is 3.02. The smallest absolute Gasteiger partial charge is 0.252 e. The lowest BCUT2D eigenvalue weighted by molar-refractivity contribution is 0.0949. The second kappa shape index (κ2) is 13.3. The van der Waals surface area contributed by atoms with Gasteiger partial charge in [0.2, 0.25) is 10.0 Å². The van der Waals surface area contributed by atoms with Crippen LogP contribution in [0, 0.1) is 11.8 Å². The summed E-state index contributed by atoms with van der Waals surface area (Å²) in [6.45, 7) is 7.98. The van der Waals surface area contributed by atoms with Crippen LogP contribution in [0.1, 0.15) is 69.7 Å². The molecule has 2 atom stereocenters. The van der Waals surface area contributed by atoms with Gasteiger partial charge in [0, 0.05) is 33.9 Å². The first-order valence-electron chi connectivity index (χ1n) is 12.6. The van der Waals surface area contributed by atoms with Gasteiger partial charge in [0.15, 0.2) is 0 Å². The summed E-state index contributed by atoms with van der Waals surface area (Å²) in [7, 11) is -3.68. The Morgan fingerprint density at radius 1 is 1.03 bits per heavy atom. The van der Waals surface area contributed by atoms with E-state index < -0.39 is 10.0 Å². The van der Waals surface area contributed by atoms with Crippen molar-refractivity contribution in [2.45, 2.75) is 74.0 Å². The number of unbranched alkanes of at least 4 members (excludes halogenated alkanes) is 4. The molecule has 192 valence electrons. The summed E-state index contributed by atoms with van der Waals surface area (Å²) < 4.78 is 29.6. The van der Waals surface area contributed by atoms with Crippen LogP contribution in [0.15, 0.2) is 61.6 Å². The van der Waals surface area contributed by atoms with E-state index in [0.717, 1.165) is 39.9 Å². The molecule has 2 aromatic carbocycles. The first-order valence-corrected chi connectivity index (χ1v) is 15.6. The van der Waals surface area contributed by atoms with Crippen LogP contribution in [0.25, 0.3) is 0 Å². The number of sulfonamides is 1. The third-order valence-electron chi connectivity index (χ3n) is 6.28. The largest absolute Gasteiger partial charge is 0.352 e. The zero-order valence-corrected chi connectivity index (χ0v) is 24.1. The first-order chi connectivity index (χ1) is 16.7. The first kappa shape index (κ1) is 28.2. The molecule has 1 saturated heterocycles. The van der Waals surface area contributed by atoms with Crippen molar-refractivity contribution in [1.29, 1.82) is 0 Å². The molecule has 35 heavy (non-hydrogen) atoms. The molecular formula is C27H37BrN2O3S2. The van der Waals surface area contributed by atoms with Gasteiger partial charge in [-0.1, -0.05) is 74.1 Å². The number of nitrogens with one attached hydrogen (secondary N) is 1. The van der Waals surface area contributed by atoms with E-state index in [9.17, 15) is 13.2 Å². The number of hydrogen-bond donors (Lipinski definition) is 1. The lowest BCUT2D eigenvalue weighted by atomic mass is 9.94. The number of halogens is 1. The monoisotopic (exact) mass is 580 g/mol. The number of hydrogen-bond acceptors (Lipinski definition) is 4. The summed E-state index contributed by atoms with van der Waals surface area (Å²) in [5.41, 5.74) is 0.408. The van der Waals surface area contributed by atoms with Gasteiger partial charge in [-0.3, -0.25) is 4.79 Å². The molecule has 0 aliphatic carbocycles. The number of carbonyl (C=O) groups excluding carboxylic acids is 1. The van der Waals surface area contributed by atoms with E-state index in [-0.39, 0.29) is 10.8 Å². The molecule has 1 aliphatic heterocycles. The van der Waals surface area contributed by atoms with Crippen LogP contribution in [-0.4, -0.2) is 38.3 Å². The molecule has 0 radical (unpaired) electrons. The molecule has 1 N–H and O–H groups in total. The predicted octanol–water partition coefficient (Wildman–Crippen LogP) is 6.97. The normalized spacial score (nSPS) is 19.0. The van der Waals surface area contributed by atoms with E-state index in [1.165, 1.54) is 24.6 Å². The Kier molecular flexibility index (Phi) is 10.7. The minimum absolute atomic E-state index is 0.187. The van der Waals surface area contributed by atoms with Crippen LogP contribution in [0.2, 0.25) is 0 Å². The van der Waals surface area contributed by atoms with Crippen LogP contribution in [0.4, 0.5) is 0 Å². The Bertz CT molecular complexity index is 1080. The summed E-state index contributed by atoms with van der Waals surface area (Å²) in [4.78, 5) is 15.1. The van der Waals surface area contributed by atoms with Gasteiger partial charge in [-0.2, -0.15) is 4.31 Å². The van der Waals surface area contributed by atoms with Gasteiger partial charge in [0.05, 0.1) is 10.5 Å². The van der Waals surface area contributed by atoms with Gasteiger partial charge in [-0.05, 0) is 67.1 Å². The van der Waals surface area contributed by atoms with Gasteiger partial charge in [-0.15, -0.1) is 0 Å². The van der Waals surface area contributed by atoms with Crippen molar-refractivity contribution < 1.29 is 13.2 Å². The number of carbonyl (C=O) groups is 1. The number of nitrogens with zero attached hydrogens (tertiary/aromatic N) is 1. The van der Waals surface area contributed by atoms with Gasteiger partial charge in [0.1, 0.15) is 0 Å². The number of benzene rings is 2. The van der Waals surface area contributed by atoms with E-state index in [4.69, 9.17) is 0 Å². The molecule has 1 aliphatic rings. The molecule has 0 saturated carbocycles. The molecule has 8 heteroatoms. The quantitative estimate of drug-likeness (QED) is 0.291. The van der Waals surface area contributed by atoms with E-state index in [1.54, 1.807) is 22.5 Å². The Balaban J connectivity index is 1.85. The number of amides is 1. The van der Waals surface area contributed by atoms with Gasteiger partial charge in [-0.25, -0.2) is 8.42 Å². The van der Waals surface area contributed by atoms with E-state index >= 15 is 0 Å². The predicted molar refractivity (Wildman–Crippen MR) is 148 cm³/mol. The molecule has 1 amide bonds. The lowest BCUT2D eigenvalue weighted by Crippen LogP contribution is -2.42. The summed E-state index contributed by atoms with van der Waals surface area (Å²) in [5.74, 6) is 0.407. The molecule has 1 heterocycles. The minimum atomic E-state index is -3.68. The number of rotatable bonds is 11. The molecule has 0 unspecified atom stereocenters. The Hall–Kier alpha value is -1.35. The van der Waals surface area contributed by atoms with Crippen molar-refractivity contribution >= 4 is 43.6 Å². The second-order valence-electron chi connectivity index (χ2n) is 9.65. The van der Waals surface area contributed by atoms with E-state index in [2.05, 4.69) is 42.0 Å². The van der Waals surface area contributed by atoms with Gasteiger partial charge >= 0.3 is 0 Å². The highest BCUT2D eigenvalue weighted by molar-refractivity contribution is 9.10. The highest BCUT2D eigenvalue weighted by atomic mass is 79.9. The highest BCUT2D eigenvalue weighted by Gasteiger charge is 2.32. The Morgan fingerprint density at radius 2 is 1.69 bits per heavy atom. The maximum atomic E-state index is 13.5. The van der Waals surface area contributed by atoms with Crippen molar-refractivity contribution in [2.24, 2.45) is 11.8 Å². The molecule has 0 aromatic heterocycles. The maximum Gasteiger partial charge on any atom is 0.252 e. The Morgan fingerprint density at radius 3 is 2.34 bits per heavy atom.